The Morgan fingerprint density at radius 3 is 1.91 bits per heavy atom. The van der Waals surface area contributed by atoms with Crippen LogP contribution in [0.5, 0.6) is 0 Å². The highest BCUT2D eigenvalue weighted by Crippen LogP contribution is 2.37. The van der Waals surface area contributed by atoms with Crippen molar-refractivity contribution in [3.8, 4) is 0 Å². The fourth-order valence-electron chi connectivity index (χ4n) is 0.608. The van der Waals surface area contributed by atoms with Crippen LogP contribution in [0.25, 0.3) is 0 Å². The average Bonchev–Trinajstić information content (AvgIpc) is 2.65. The van der Waals surface area contributed by atoms with Gasteiger partial charge in [-0.1, -0.05) is 0 Å². The highest BCUT2D eigenvalue weighted by molar-refractivity contribution is 5.85. The first-order valence-corrected chi connectivity index (χ1v) is 2.84. The molecule has 11 heavy (non-hydrogen) atoms. The van der Waals surface area contributed by atoms with Gasteiger partial charge in [0.05, 0.1) is 0 Å². The van der Waals surface area contributed by atoms with Crippen molar-refractivity contribution in [2.75, 3.05) is 0 Å². The van der Waals surface area contributed by atoms with E-state index in [1.54, 1.807) is 0 Å². The van der Waals surface area contributed by atoms with Gasteiger partial charge >= 0.3 is 17.7 Å². The van der Waals surface area contributed by atoms with Gasteiger partial charge in [0.25, 0.3) is 0 Å². The molecule has 1 heterocycles. The molecule has 0 aromatic rings. The van der Waals surface area contributed by atoms with Crippen LogP contribution < -0.4 is 0 Å². The van der Waals surface area contributed by atoms with Gasteiger partial charge in [0.2, 0.25) is 0 Å². The maximum absolute atomic E-state index is 10.3. The van der Waals surface area contributed by atoms with E-state index in [1.165, 1.54) is 6.92 Å². The molecule has 1 saturated heterocycles. The van der Waals surface area contributed by atoms with Crippen LogP contribution in [-0.4, -0.2) is 27.9 Å². The smallest absolute Gasteiger partial charge is 0.371 e. The number of carboxylic acids is 2. The van der Waals surface area contributed by atoms with Gasteiger partial charge in [0.15, 0.2) is 0 Å². The van der Waals surface area contributed by atoms with Crippen molar-refractivity contribution < 1.29 is 29.6 Å². The van der Waals surface area contributed by atoms with Gasteiger partial charge in [0, 0.05) is 0 Å². The Labute approximate surface area is 61.3 Å². The molecule has 0 bridgehead atoms. The summed E-state index contributed by atoms with van der Waals surface area (Å²) in [6.07, 6.45) is 0. The van der Waals surface area contributed by atoms with Gasteiger partial charge in [-0.25, -0.2) is 4.79 Å². The van der Waals surface area contributed by atoms with E-state index in [1.807, 2.05) is 0 Å². The van der Waals surface area contributed by atoms with Crippen LogP contribution in [-0.2, 0) is 19.4 Å². The van der Waals surface area contributed by atoms with Crippen molar-refractivity contribution >= 4 is 11.9 Å². The molecule has 62 valence electrons. The van der Waals surface area contributed by atoms with Crippen LogP contribution in [0.2, 0.25) is 0 Å². The van der Waals surface area contributed by atoms with Gasteiger partial charge in [-0.2, -0.15) is 9.78 Å². The Morgan fingerprint density at radius 1 is 1.36 bits per heavy atom. The summed E-state index contributed by atoms with van der Waals surface area (Å²) in [5.41, 5.74) is 0. The molecule has 0 saturated carbocycles. The SMILES string of the molecule is CC(C(=O)O)C1(C(=O)O)OO1. The topological polar surface area (TPSA) is 99.7 Å². The largest absolute Gasteiger partial charge is 0.481 e. The zero-order chi connectivity index (χ0) is 8.65. The summed E-state index contributed by atoms with van der Waals surface area (Å²) >= 11 is 0. The van der Waals surface area contributed by atoms with Crippen LogP contribution in [0.1, 0.15) is 6.92 Å². The van der Waals surface area contributed by atoms with E-state index in [2.05, 4.69) is 9.78 Å². The summed E-state index contributed by atoms with van der Waals surface area (Å²) in [4.78, 5) is 28.8. The highest BCUT2D eigenvalue weighted by atomic mass is 17.4. The van der Waals surface area contributed by atoms with Crippen molar-refractivity contribution in [2.24, 2.45) is 5.92 Å². The molecule has 2 N–H and O–H groups in total. The maximum Gasteiger partial charge on any atom is 0.371 e. The Morgan fingerprint density at radius 2 is 1.82 bits per heavy atom. The molecule has 6 nitrogen and oxygen atoms in total. The first-order valence-electron chi connectivity index (χ1n) is 2.84. The number of hydrogen-bond acceptors (Lipinski definition) is 4. The third kappa shape index (κ3) is 1.06. The quantitative estimate of drug-likeness (QED) is 0.426. The van der Waals surface area contributed by atoms with Gasteiger partial charge in [-0.3, -0.25) is 4.79 Å². The lowest BCUT2D eigenvalue weighted by atomic mass is 10.0. The van der Waals surface area contributed by atoms with E-state index in [-0.39, 0.29) is 0 Å². The molecule has 0 aromatic heterocycles. The molecule has 1 unspecified atom stereocenters. The zero-order valence-electron chi connectivity index (χ0n) is 5.60. The Bertz CT molecular complexity index is 205. The lowest BCUT2D eigenvalue weighted by molar-refractivity contribution is -0.155. The molecule has 0 aromatic carbocycles. The van der Waals surface area contributed by atoms with Crippen LogP contribution in [0, 0.1) is 5.92 Å². The monoisotopic (exact) mass is 162 g/mol. The number of carbonyl (C=O) groups is 2. The molecule has 0 spiro atoms. The number of aliphatic carboxylic acids is 2. The van der Waals surface area contributed by atoms with Gasteiger partial charge in [-0.15, -0.1) is 0 Å². The van der Waals surface area contributed by atoms with E-state index >= 15 is 0 Å². The maximum atomic E-state index is 10.3. The summed E-state index contributed by atoms with van der Waals surface area (Å²) in [5, 5.41) is 16.8. The van der Waals surface area contributed by atoms with E-state index in [0.29, 0.717) is 0 Å². The second kappa shape index (κ2) is 2.18. The third-order valence-electron chi connectivity index (χ3n) is 1.50. The predicted octanol–water partition coefficient (Wildman–Crippen LogP) is -0.550. The van der Waals surface area contributed by atoms with E-state index < -0.39 is 23.6 Å². The molecule has 1 atom stereocenters. The second-order valence-corrected chi connectivity index (χ2v) is 2.20. The van der Waals surface area contributed by atoms with Crippen molar-refractivity contribution in [1.29, 1.82) is 0 Å². The van der Waals surface area contributed by atoms with E-state index in [0.717, 1.165) is 0 Å². The molecule has 0 aliphatic carbocycles. The summed E-state index contributed by atoms with van der Waals surface area (Å²) in [6.45, 7) is 1.20. The van der Waals surface area contributed by atoms with Crippen molar-refractivity contribution in [3.05, 3.63) is 0 Å². The van der Waals surface area contributed by atoms with E-state index in [9.17, 15) is 9.59 Å². The normalized spacial score (nSPS) is 22.3. The van der Waals surface area contributed by atoms with Gasteiger partial charge in [-0.05, 0) is 6.92 Å². The van der Waals surface area contributed by atoms with E-state index in [4.69, 9.17) is 10.2 Å². The third-order valence-corrected chi connectivity index (χ3v) is 1.50. The standard InChI is InChI=1S/C5H6O6/c1-2(3(6)7)5(4(8)9)10-11-5/h2H,1H3,(H,6,7)(H,8,9). The van der Waals surface area contributed by atoms with Gasteiger partial charge < -0.3 is 10.2 Å². The summed E-state index contributed by atoms with van der Waals surface area (Å²) in [6, 6.07) is 0. The molecular weight excluding hydrogens is 156 g/mol. The minimum absolute atomic E-state index is 1.20. The Hall–Kier alpha value is -1.14. The lowest BCUT2D eigenvalue weighted by Gasteiger charge is -2.04. The summed E-state index contributed by atoms with van der Waals surface area (Å²) < 4.78 is 0. The lowest BCUT2D eigenvalue weighted by Crippen LogP contribution is -2.36. The Kier molecular flexibility index (Phi) is 1.57. The molecule has 1 fully saturated rings. The molecule has 1 rings (SSSR count). The molecule has 1 aliphatic heterocycles. The number of hydrogen-bond donors (Lipinski definition) is 2. The Balaban J connectivity index is 2.73. The minimum Gasteiger partial charge on any atom is -0.481 e. The van der Waals surface area contributed by atoms with Crippen LogP contribution in [0.15, 0.2) is 0 Å². The number of carboxylic acid groups (broad SMARTS) is 2. The highest BCUT2D eigenvalue weighted by Gasteiger charge is 2.64. The van der Waals surface area contributed by atoms with Gasteiger partial charge in [0.1, 0.15) is 5.92 Å². The molecule has 1 aliphatic rings. The summed E-state index contributed by atoms with van der Waals surface area (Å²) in [5.74, 6) is -5.86. The molecule has 0 amide bonds. The van der Waals surface area contributed by atoms with Crippen LogP contribution in [0.4, 0.5) is 0 Å². The van der Waals surface area contributed by atoms with Crippen LogP contribution >= 0.6 is 0 Å². The van der Waals surface area contributed by atoms with Crippen LogP contribution in [0.3, 0.4) is 0 Å². The first kappa shape index (κ1) is 7.96. The number of rotatable bonds is 3. The second-order valence-electron chi connectivity index (χ2n) is 2.20. The fraction of sp³-hybridized carbons (Fsp3) is 0.600. The first-order chi connectivity index (χ1) is 5.00. The molecule has 0 radical (unpaired) electrons. The van der Waals surface area contributed by atoms with Crippen molar-refractivity contribution in [1.82, 2.24) is 0 Å². The molecule has 6 heteroatoms. The van der Waals surface area contributed by atoms with Crippen molar-refractivity contribution in [2.45, 2.75) is 12.7 Å². The fourth-order valence-corrected chi connectivity index (χ4v) is 0.608. The average molecular weight is 162 g/mol. The molecular formula is C5H6O6. The van der Waals surface area contributed by atoms with Crippen molar-refractivity contribution in [3.63, 3.8) is 0 Å². The summed E-state index contributed by atoms with van der Waals surface area (Å²) in [7, 11) is 0. The minimum atomic E-state index is -1.95. The zero-order valence-corrected chi connectivity index (χ0v) is 5.60. The predicted molar refractivity (Wildman–Crippen MR) is 29.3 cm³/mol.